The lowest BCUT2D eigenvalue weighted by Crippen LogP contribution is -2.19. The molecule has 1 amide bonds. The Labute approximate surface area is 77.5 Å². The van der Waals surface area contributed by atoms with E-state index < -0.39 is 24.8 Å². The zero-order valence-corrected chi connectivity index (χ0v) is 8.91. The van der Waals surface area contributed by atoms with Crippen LogP contribution in [0.4, 0.5) is 0 Å². The van der Waals surface area contributed by atoms with Crippen molar-refractivity contribution in [3.63, 3.8) is 0 Å². The predicted molar refractivity (Wildman–Crippen MR) is 61.6 cm³/mol. The fourth-order valence-electron chi connectivity index (χ4n) is 0.782. The molecule has 0 spiro atoms. The zero-order chi connectivity index (χ0) is 9.14. The number of nitrogens with two attached hydrogens (primary N) is 2. The molecule has 4 N–H and O–H groups in total. The van der Waals surface area contributed by atoms with E-state index in [4.69, 9.17) is 11.5 Å². The Bertz CT molecular complexity index is 357. The third-order valence-corrected chi connectivity index (χ3v) is 4.43. The van der Waals surface area contributed by atoms with Crippen molar-refractivity contribution in [3.05, 3.63) is 23.4 Å². The molecule has 0 fully saturated rings. The number of amides is 1. The Morgan fingerprint density at radius 2 is 2.00 bits per heavy atom. The fraction of sp³-hybridized carbons (Fsp3) is 0.125. The molecular weight excluding hydrogens is 267 g/mol. The fourth-order valence-corrected chi connectivity index (χ4v) is 2.90. The lowest BCUT2D eigenvalue weighted by Gasteiger charge is -1.99. The Morgan fingerprint density at radius 1 is 1.42 bits per heavy atom. The summed E-state index contributed by atoms with van der Waals surface area (Å²) in [6, 6.07) is 0. The molecule has 1 rings (SSSR count). The van der Waals surface area contributed by atoms with Gasteiger partial charge >= 0.3 is 0 Å². The Morgan fingerprint density at radius 3 is 2.58 bits per heavy atom. The first-order valence-corrected chi connectivity index (χ1v) is 7.99. The highest BCUT2D eigenvalue weighted by Crippen LogP contribution is 2.10. The average Bonchev–Trinajstić information content (AvgIpc) is 2.14. The predicted octanol–water partition coefficient (Wildman–Crippen LogP) is -0.00510. The molecule has 0 bridgehead atoms. The molecule has 0 unspecified atom stereocenters. The van der Waals surface area contributed by atoms with Crippen LogP contribution in [0, 0.1) is 0 Å². The van der Waals surface area contributed by atoms with Crippen LogP contribution in [0.3, 0.4) is 0 Å². The first kappa shape index (κ1) is 9.31. The minimum Gasteiger partial charge on any atom is -0.398 e. The highest BCUT2D eigenvalue weighted by molar-refractivity contribution is 14.2. The van der Waals surface area contributed by atoms with Gasteiger partial charge in [-0.25, -0.2) is 0 Å². The number of carbonyl (C=O) groups excluding carboxylic acids is 1. The van der Waals surface area contributed by atoms with Crippen molar-refractivity contribution >= 4 is 32.8 Å². The molecule has 0 saturated heterocycles. The number of halogens is 1. The van der Waals surface area contributed by atoms with Gasteiger partial charge in [0.05, 0.1) is 5.57 Å². The summed E-state index contributed by atoms with van der Waals surface area (Å²) < 4.78 is 4.12. The molecule has 4 heteroatoms. The highest BCUT2D eigenvalue weighted by Gasteiger charge is 2.06. The molecule has 1 heterocycles. The molecule has 1 aliphatic heterocycles. The summed E-state index contributed by atoms with van der Waals surface area (Å²) in [5.74, 6) is -0.459. The van der Waals surface area contributed by atoms with Gasteiger partial charge in [0.1, 0.15) is 0 Å². The molecule has 0 aromatic carbocycles. The number of hydrogen-bond acceptors (Lipinski definition) is 2. The molecule has 0 aromatic rings. The Hall–Kier alpha value is -0.780. The van der Waals surface area contributed by atoms with Crippen molar-refractivity contribution in [1.82, 2.24) is 0 Å². The van der Waals surface area contributed by atoms with Gasteiger partial charge in [0.15, 0.2) is 0 Å². The van der Waals surface area contributed by atoms with Crippen LogP contribution in [0.15, 0.2) is 23.4 Å². The van der Waals surface area contributed by atoms with Crippen molar-refractivity contribution in [2.45, 2.75) is 0 Å². The van der Waals surface area contributed by atoms with Crippen molar-refractivity contribution < 1.29 is 4.79 Å². The van der Waals surface area contributed by atoms with Gasteiger partial charge in [0.25, 0.3) is 5.91 Å². The maximum absolute atomic E-state index is 10.8. The molecule has 0 atom stereocenters. The van der Waals surface area contributed by atoms with Crippen LogP contribution < -0.4 is 11.5 Å². The van der Waals surface area contributed by atoms with E-state index in [0.29, 0.717) is 11.3 Å². The van der Waals surface area contributed by atoms with Crippen LogP contribution in [-0.4, -0.2) is 18.9 Å². The Balaban J connectivity index is 3.15. The number of rotatable bonds is 1. The van der Waals surface area contributed by atoms with Gasteiger partial charge in [-0.05, 0) is 25.1 Å². The summed E-state index contributed by atoms with van der Waals surface area (Å²) in [6.07, 6.45) is 3.52. The normalized spacial score (nSPS) is 18.1. The standard InChI is InChI=1S/C8H11IN2O/c1-9-4-2-6(8(11)12)7(10)3-5-9/h2-5H,10H2,1H3,(H2,11,12). The third-order valence-electron chi connectivity index (χ3n) is 1.45. The first-order valence-electron chi connectivity index (χ1n) is 3.34. The van der Waals surface area contributed by atoms with Crippen molar-refractivity contribution in [1.29, 1.82) is 0 Å². The number of carbonyl (C=O) groups is 1. The number of alkyl halides is 1. The molecular formula is C8H11IN2O. The van der Waals surface area contributed by atoms with Gasteiger partial charge in [-0.15, -0.1) is 0 Å². The van der Waals surface area contributed by atoms with Gasteiger partial charge in [-0.2, -0.15) is 18.9 Å². The topological polar surface area (TPSA) is 69.1 Å². The molecule has 66 valence electrons. The van der Waals surface area contributed by atoms with E-state index in [9.17, 15) is 4.79 Å². The molecule has 1 aliphatic rings. The lowest BCUT2D eigenvalue weighted by atomic mass is 10.2. The number of allylic oxidation sites excluding steroid dienone is 2. The molecule has 0 aromatic heterocycles. The highest BCUT2D eigenvalue weighted by atomic mass is 127. The van der Waals surface area contributed by atoms with Crippen molar-refractivity contribution in [2.24, 2.45) is 11.5 Å². The van der Waals surface area contributed by atoms with E-state index in [1.165, 1.54) is 0 Å². The molecule has 0 aliphatic carbocycles. The van der Waals surface area contributed by atoms with E-state index in [1.54, 1.807) is 12.2 Å². The van der Waals surface area contributed by atoms with E-state index in [1.807, 2.05) is 4.01 Å². The molecule has 0 saturated carbocycles. The second-order valence-corrected chi connectivity index (χ2v) is 7.03. The average molecular weight is 278 g/mol. The summed E-state index contributed by atoms with van der Waals surface area (Å²) in [4.78, 5) is 13.0. The van der Waals surface area contributed by atoms with Crippen LogP contribution in [0.2, 0.25) is 0 Å². The SMILES string of the molecule is CI1=CC=C(N)C(C(N)=O)=CC=1. The summed E-state index contributed by atoms with van der Waals surface area (Å²) in [7, 11) is 0. The van der Waals surface area contributed by atoms with Crippen molar-refractivity contribution in [3.8, 4) is 0 Å². The van der Waals surface area contributed by atoms with E-state index >= 15 is 0 Å². The number of hydrogen-bond donors (Lipinski definition) is 2. The summed E-state index contributed by atoms with van der Waals surface area (Å²) >= 11 is -1.11. The smallest absolute Gasteiger partial charge is 0.250 e. The van der Waals surface area contributed by atoms with Crippen LogP contribution in [0.5, 0.6) is 0 Å². The van der Waals surface area contributed by atoms with Crippen LogP contribution in [0.1, 0.15) is 0 Å². The zero-order valence-electron chi connectivity index (χ0n) is 6.75. The quantitative estimate of drug-likeness (QED) is 0.523. The first-order chi connectivity index (χ1) is 5.61. The maximum atomic E-state index is 10.8. The van der Waals surface area contributed by atoms with E-state index in [-0.39, 0.29) is 0 Å². The van der Waals surface area contributed by atoms with Gasteiger partial charge < -0.3 is 11.5 Å². The molecule has 0 radical (unpaired) electrons. The van der Waals surface area contributed by atoms with Crippen molar-refractivity contribution in [2.75, 3.05) is 4.93 Å². The monoisotopic (exact) mass is 278 g/mol. The third kappa shape index (κ3) is 2.10. The maximum Gasteiger partial charge on any atom is 0.250 e. The van der Waals surface area contributed by atoms with Crippen LogP contribution in [-0.2, 0) is 4.79 Å². The minimum absolute atomic E-state index is 0.424. The second-order valence-electron chi connectivity index (χ2n) is 2.38. The molecule has 3 nitrogen and oxygen atoms in total. The Kier molecular flexibility index (Phi) is 2.91. The number of primary amides is 1. The van der Waals surface area contributed by atoms with Crippen LogP contribution in [0.25, 0.3) is 0 Å². The summed E-state index contributed by atoms with van der Waals surface area (Å²) in [5.41, 5.74) is 11.6. The molecule has 12 heavy (non-hydrogen) atoms. The largest absolute Gasteiger partial charge is 0.398 e. The summed E-state index contributed by atoms with van der Waals surface area (Å²) in [5, 5.41) is 0. The van der Waals surface area contributed by atoms with E-state index in [0.717, 1.165) is 0 Å². The van der Waals surface area contributed by atoms with E-state index in [2.05, 4.69) is 8.94 Å². The van der Waals surface area contributed by atoms with Gasteiger partial charge in [0.2, 0.25) is 0 Å². The van der Waals surface area contributed by atoms with Gasteiger partial charge in [-0.3, -0.25) is 4.79 Å². The second kappa shape index (κ2) is 3.75. The van der Waals surface area contributed by atoms with Crippen LogP contribution >= 0.6 is 18.9 Å². The van der Waals surface area contributed by atoms with Gasteiger partial charge in [-0.1, -0.05) is 0 Å². The summed E-state index contributed by atoms with van der Waals surface area (Å²) in [6.45, 7) is 0. The minimum atomic E-state index is -1.11. The lowest BCUT2D eigenvalue weighted by molar-refractivity contribution is -0.114. The van der Waals surface area contributed by atoms with Gasteiger partial charge in [0, 0.05) is 5.70 Å².